The van der Waals surface area contributed by atoms with Crippen LogP contribution in [-0.2, 0) is 0 Å². The van der Waals surface area contributed by atoms with Gasteiger partial charge in [-0.15, -0.1) is 0 Å². The first kappa shape index (κ1) is 18.5. The maximum atomic E-state index is 12.6. The first-order valence-electron chi connectivity index (χ1n) is 8.68. The Morgan fingerprint density at radius 3 is 2.81 bits per heavy atom. The van der Waals surface area contributed by atoms with Crippen molar-refractivity contribution in [2.45, 2.75) is 19.8 Å². The van der Waals surface area contributed by atoms with Crippen molar-refractivity contribution < 1.29 is 14.0 Å². The van der Waals surface area contributed by atoms with Gasteiger partial charge in [-0.05, 0) is 63.0 Å². The molecule has 26 heavy (non-hydrogen) atoms. The summed E-state index contributed by atoms with van der Waals surface area (Å²) in [5.74, 6) is 0.363. The van der Waals surface area contributed by atoms with E-state index in [1.807, 2.05) is 0 Å². The molecule has 1 aromatic heterocycles. The lowest BCUT2D eigenvalue weighted by Crippen LogP contribution is -2.38. The van der Waals surface area contributed by atoms with E-state index in [9.17, 15) is 9.59 Å². The van der Waals surface area contributed by atoms with Gasteiger partial charge < -0.3 is 20.4 Å². The van der Waals surface area contributed by atoms with Crippen molar-refractivity contribution in [2.24, 2.45) is 5.92 Å². The second-order valence-corrected chi connectivity index (χ2v) is 6.89. The number of hydrogen-bond acceptors (Lipinski definition) is 4. The second kappa shape index (κ2) is 8.38. The fourth-order valence-electron chi connectivity index (χ4n) is 3.06. The maximum absolute atomic E-state index is 12.6. The Hall–Kier alpha value is -2.31. The standard InChI is InChI=1S/C19H22ClN3O3/c1-12-15(6-8-26-12)19(25)23-17-9-14(20)4-5-16(17)18(24)22-11-13-3-2-7-21-10-13/h4-6,8-9,13,21H,2-3,7,10-11H2,1H3,(H,22,24)(H,23,25). The Bertz CT molecular complexity index is 797. The molecule has 1 aliphatic heterocycles. The van der Waals surface area contributed by atoms with Crippen LogP contribution >= 0.6 is 11.6 Å². The molecule has 3 rings (SSSR count). The molecule has 0 bridgehead atoms. The molecule has 1 unspecified atom stereocenters. The van der Waals surface area contributed by atoms with Crippen molar-refractivity contribution in [3.05, 3.63) is 52.4 Å². The van der Waals surface area contributed by atoms with Crippen LogP contribution in [-0.4, -0.2) is 31.4 Å². The highest BCUT2D eigenvalue weighted by molar-refractivity contribution is 6.31. The molecule has 0 aliphatic carbocycles. The van der Waals surface area contributed by atoms with Gasteiger partial charge in [0.2, 0.25) is 0 Å². The minimum absolute atomic E-state index is 0.230. The maximum Gasteiger partial charge on any atom is 0.259 e. The molecule has 0 saturated carbocycles. The van der Waals surface area contributed by atoms with Gasteiger partial charge in [-0.25, -0.2) is 0 Å². The lowest BCUT2D eigenvalue weighted by atomic mass is 9.99. The van der Waals surface area contributed by atoms with Gasteiger partial charge in [0.15, 0.2) is 0 Å². The summed E-state index contributed by atoms with van der Waals surface area (Å²) >= 11 is 6.05. The molecule has 1 fully saturated rings. The summed E-state index contributed by atoms with van der Waals surface area (Å²) in [6.07, 6.45) is 3.66. The largest absolute Gasteiger partial charge is 0.469 e. The Balaban J connectivity index is 1.71. The van der Waals surface area contributed by atoms with Crippen LogP contribution in [0.1, 0.15) is 39.3 Å². The van der Waals surface area contributed by atoms with Crippen LogP contribution in [0.5, 0.6) is 0 Å². The van der Waals surface area contributed by atoms with E-state index in [0.29, 0.717) is 40.1 Å². The van der Waals surface area contributed by atoms with Crippen molar-refractivity contribution in [2.75, 3.05) is 25.0 Å². The molecule has 1 aliphatic rings. The number of anilines is 1. The number of hydrogen-bond donors (Lipinski definition) is 3. The van der Waals surface area contributed by atoms with E-state index < -0.39 is 0 Å². The Labute approximate surface area is 157 Å². The third-order valence-electron chi connectivity index (χ3n) is 4.53. The second-order valence-electron chi connectivity index (χ2n) is 6.46. The van der Waals surface area contributed by atoms with Gasteiger partial charge in [0.05, 0.1) is 23.1 Å². The Morgan fingerprint density at radius 1 is 1.27 bits per heavy atom. The molecule has 7 heteroatoms. The predicted octanol–water partition coefficient (Wildman–Crippen LogP) is 3.22. The zero-order chi connectivity index (χ0) is 18.5. The third-order valence-corrected chi connectivity index (χ3v) is 4.76. The number of carbonyl (C=O) groups is 2. The number of rotatable bonds is 5. The van der Waals surface area contributed by atoms with Crippen LogP contribution in [0.3, 0.4) is 0 Å². The summed E-state index contributed by atoms with van der Waals surface area (Å²) in [5.41, 5.74) is 1.18. The molecular formula is C19H22ClN3O3. The summed E-state index contributed by atoms with van der Waals surface area (Å²) in [6, 6.07) is 6.42. The molecule has 1 aromatic carbocycles. The van der Waals surface area contributed by atoms with Gasteiger partial charge in [-0.1, -0.05) is 11.6 Å². The van der Waals surface area contributed by atoms with Crippen molar-refractivity contribution >= 4 is 29.1 Å². The van der Waals surface area contributed by atoms with Gasteiger partial charge >= 0.3 is 0 Å². The fourth-order valence-corrected chi connectivity index (χ4v) is 3.23. The van der Waals surface area contributed by atoms with E-state index in [-0.39, 0.29) is 11.8 Å². The SMILES string of the molecule is Cc1occc1C(=O)Nc1cc(Cl)ccc1C(=O)NCC1CCCNC1. The monoisotopic (exact) mass is 375 g/mol. The zero-order valence-electron chi connectivity index (χ0n) is 14.6. The third kappa shape index (κ3) is 4.45. The smallest absolute Gasteiger partial charge is 0.259 e. The van der Waals surface area contributed by atoms with Crippen LogP contribution in [0, 0.1) is 12.8 Å². The molecule has 138 valence electrons. The number of amides is 2. The van der Waals surface area contributed by atoms with E-state index >= 15 is 0 Å². The highest BCUT2D eigenvalue weighted by atomic mass is 35.5. The normalized spacial score (nSPS) is 16.9. The van der Waals surface area contributed by atoms with E-state index in [2.05, 4.69) is 16.0 Å². The summed E-state index contributed by atoms with van der Waals surface area (Å²) in [5, 5.41) is 9.48. The van der Waals surface area contributed by atoms with E-state index in [0.717, 1.165) is 25.9 Å². The predicted molar refractivity (Wildman–Crippen MR) is 101 cm³/mol. The molecule has 0 spiro atoms. The number of nitrogens with one attached hydrogen (secondary N) is 3. The minimum Gasteiger partial charge on any atom is -0.469 e. The number of benzene rings is 1. The van der Waals surface area contributed by atoms with E-state index in [1.165, 1.54) is 6.26 Å². The Morgan fingerprint density at radius 2 is 2.12 bits per heavy atom. The van der Waals surface area contributed by atoms with Crippen molar-refractivity contribution in [1.82, 2.24) is 10.6 Å². The molecule has 3 N–H and O–H groups in total. The molecule has 1 atom stereocenters. The molecule has 2 amide bonds. The Kier molecular flexibility index (Phi) is 5.96. The van der Waals surface area contributed by atoms with Crippen LogP contribution in [0.25, 0.3) is 0 Å². The molecule has 0 radical (unpaired) electrons. The lowest BCUT2D eigenvalue weighted by molar-refractivity contribution is 0.0945. The number of aryl methyl sites for hydroxylation is 1. The van der Waals surface area contributed by atoms with E-state index in [1.54, 1.807) is 31.2 Å². The number of halogens is 1. The van der Waals surface area contributed by atoms with Crippen LogP contribution in [0.15, 0.2) is 34.9 Å². The van der Waals surface area contributed by atoms with Crippen LogP contribution in [0.2, 0.25) is 5.02 Å². The molecule has 1 saturated heterocycles. The summed E-state index contributed by atoms with van der Waals surface area (Å²) < 4.78 is 5.16. The van der Waals surface area contributed by atoms with Gasteiger partial charge in [-0.3, -0.25) is 9.59 Å². The minimum atomic E-state index is -0.343. The fraction of sp³-hybridized carbons (Fsp3) is 0.368. The molecule has 2 aromatic rings. The average molecular weight is 376 g/mol. The summed E-state index contributed by atoms with van der Waals surface area (Å²) in [4.78, 5) is 25.0. The number of furan rings is 1. The van der Waals surface area contributed by atoms with Gasteiger partial charge in [0.1, 0.15) is 5.76 Å². The quantitative estimate of drug-likeness (QED) is 0.749. The van der Waals surface area contributed by atoms with Crippen LogP contribution in [0.4, 0.5) is 5.69 Å². The summed E-state index contributed by atoms with van der Waals surface area (Å²) in [7, 11) is 0. The van der Waals surface area contributed by atoms with Crippen molar-refractivity contribution in [3.63, 3.8) is 0 Å². The van der Waals surface area contributed by atoms with Gasteiger partial charge in [-0.2, -0.15) is 0 Å². The number of carbonyl (C=O) groups excluding carboxylic acids is 2. The first-order valence-corrected chi connectivity index (χ1v) is 9.06. The zero-order valence-corrected chi connectivity index (χ0v) is 15.4. The lowest BCUT2D eigenvalue weighted by Gasteiger charge is -2.23. The topological polar surface area (TPSA) is 83.4 Å². The highest BCUT2D eigenvalue weighted by Gasteiger charge is 2.19. The van der Waals surface area contributed by atoms with Crippen molar-refractivity contribution in [1.29, 1.82) is 0 Å². The van der Waals surface area contributed by atoms with Crippen molar-refractivity contribution in [3.8, 4) is 0 Å². The molecule has 2 heterocycles. The van der Waals surface area contributed by atoms with Crippen LogP contribution < -0.4 is 16.0 Å². The highest BCUT2D eigenvalue weighted by Crippen LogP contribution is 2.23. The summed E-state index contributed by atoms with van der Waals surface area (Å²) in [6.45, 7) is 4.25. The number of piperidine rings is 1. The van der Waals surface area contributed by atoms with Gasteiger partial charge in [0.25, 0.3) is 11.8 Å². The molecular weight excluding hydrogens is 354 g/mol. The molecule has 6 nitrogen and oxygen atoms in total. The van der Waals surface area contributed by atoms with Gasteiger partial charge in [0, 0.05) is 11.6 Å². The average Bonchev–Trinajstić information content (AvgIpc) is 3.07. The first-order chi connectivity index (χ1) is 12.5. The van der Waals surface area contributed by atoms with E-state index in [4.69, 9.17) is 16.0 Å².